The van der Waals surface area contributed by atoms with Crippen LogP contribution in [0, 0.1) is 5.41 Å². The first kappa shape index (κ1) is 16.1. The van der Waals surface area contributed by atoms with Crippen molar-refractivity contribution in [2.24, 2.45) is 11.1 Å². The second-order valence-electron chi connectivity index (χ2n) is 4.74. The molecule has 4 nitrogen and oxygen atoms in total. The zero-order valence-corrected chi connectivity index (χ0v) is 12.6. The van der Waals surface area contributed by atoms with Gasteiger partial charge in [0.25, 0.3) is 0 Å². The molecule has 0 aliphatic rings. The van der Waals surface area contributed by atoms with Gasteiger partial charge in [-0.25, -0.2) is 0 Å². The first-order valence-electron chi connectivity index (χ1n) is 5.71. The molecule has 1 rings (SSSR count). The number of rotatable bonds is 5. The fourth-order valence-corrected chi connectivity index (χ4v) is 2.10. The standard InChI is InChI=1S/C13H17Cl2NO3/c1-13(2,12(17)18-3)7-19-11-8(6-16)4-9(14)5-10(11)15/h4-5H,6-7,16H2,1-3H3. The zero-order chi connectivity index (χ0) is 14.6. The van der Waals surface area contributed by atoms with E-state index in [0.29, 0.717) is 21.4 Å². The van der Waals surface area contributed by atoms with Gasteiger partial charge < -0.3 is 15.2 Å². The Labute approximate surface area is 122 Å². The fourth-order valence-electron chi connectivity index (χ4n) is 1.51. The summed E-state index contributed by atoms with van der Waals surface area (Å²) < 4.78 is 10.3. The highest BCUT2D eigenvalue weighted by Gasteiger charge is 2.30. The lowest BCUT2D eigenvalue weighted by Crippen LogP contribution is -2.32. The molecule has 0 heterocycles. The summed E-state index contributed by atoms with van der Waals surface area (Å²) in [5.74, 6) is 0.0948. The van der Waals surface area contributed by atoms with Gasteiger partial charge in [0.1, 0.15) is 12.4 Å². The maximum absolute atomic E-state index is 11.6. The average molecular weight is 306 g/mol. The number of halogens is 2. The molecule has 0 amide bonds. The molecule has 106 valence electrons. The highest BCUT2D eigenvalue weighted by atomic mass is 35.5. The van der Waals surface area contributed by atoms with Crippen molar-refractivity contribution in [1.29, 1.82) is 0 Å². The molecule has 0 aliphatic heterocycles. The molecule has 0 bridgehead atoms. The monoisotopic (exact) mass is 305 g/mol. The highest BCUT2D eigenvalue weighted by Crippen LogP contribution is 2.33. The Morgan fingerprint density at radius 2 is 2.00 bits per heavy atom. The summed E-state index contributed by atoms with van der Waals surface area (Å²) in [6, 6.07) is 3.26. The Balaban J connectivity index is 2.92. The van der Waals surface area contributed by atoms with Crippen LogP contribution in [-0.4, -0.2) is 19.7 Å². The van der Waals surface area contributed by atoms with Gasteiger partial charge in [0, 0.05) is 17.1 Å². The predicted molar refractivity (Wildman–Crippen MR) is 75.6 cm³/mol. The van der Waals surface area contributed by atoms with Crippen LogP contribution in [0.25, 0.3) is 0 Å². The second kappa shape index (κ2) is 6.46. The number of nitrogens with two attached hydrogens (primary N) is 1. The molecule has 0 saturated carbocycles. The molecule has 0 aliphatic carbocycles. The quantitative estimate of drug-likeness (QED) is 0.849. The Morgan fingerprint density at radius 1 is 1.37 bits per heavy atom. The lowest BCUT2D eigenvalue weighted by atomic mass is 9.95. The Hall–Kier alpha value is -0.970. The lowest BCUT2D eigenvalue weighted by Gasteiger charge is -2.23. The summed E-state index contributed by atoms with van der Waals surface area (Å²) in [5.41, 5.74) is 5.54. The van der Waals surface area contributed by atoms with Crippen LogP contribution in [-0.2, 0) is 16.1 Å². The molecule has 0 spiro atoms. The summed E-state index contributed by atoms with van der Waals surface area (Å²) in [6.07, 6.45) is 0. The van der Waals surface area contributed by atoms with Gasteiger partial charge in [-0.1, -0.05) is 23.2 Å². The zero-order valence-electron chi connectivity index (χ0n) is 11.1. The van der Waals surface area contributed by atoms with Crippen molar-refractivity contribution in [3.63, 3.8) is 0 Å². The van der Waals surface area contributed by atoms with Crippen molar-refractivity contribution < 1.29 is 14.3 Å². The van der Waals surface area contributed by atoms with E-state index in [0.717, 1.165) is 0 Å². The minimum atomic E-state index is -0.774. The Morgan fingerprint density at radius 3 is 2.53 bits per heavy atom. The number of methoxy groups -OCH3 is 1. The third kappa shape index (κ3) is 4.00. The molecule has 0 atom stereocenters. The smallest absolute Gasteiger partial charge is 0.314 e. The Bertz CT molecular complexity index is 475. The van der Waals surface area contributed by atoms with Gasteiger partial charge in [-0.2, -0.15) is 0 Å². The molecule has 0 aromatic heterocycles. The van der Waals surface area contributed by atoms with E-state index in [1.54, 1.807) is 26.0 Å². The third-order valence-electron chi connectivity index (χ3n) is 2.62. The first-order chi connectivity index (χ1) is 8.81. The number of esters is 1. The fraction of sp³-hybridized carbons (Fsp3) is 0.462. The Kier molecular flexibility index (Phi) is 5.47. The molecule has 1 aromatic carbocycles. The van der Waals surface area contributed by atoms with Gasteiger partial charge >= 0.3 is 5.97 Å². The molecule has 1 aromatic rings. The predicted octanol–water partition coefficient (Wildman–Crippen LogP) is 3.03. The van der Waals surface area contributed by atoms with Crippen LogP contribution in [0.3, 0.4) is 0 Å². The van der Waals surface area contributed by atoms with Crippen LogP contribution in [0.2, 0.25) is 10.0 Å². The van der Waals surface area contributed by atoms with Crippen LogP contribution < -0.4 is 10.5 Å². The van der Waals surface area contributed by atoms with Gasteiger partial charge in [-0.05, 0) is 26.0 Å². The van der Waals surface area contributed by atoms with Crippen molar-refractivity contribution in [2.75, 3.05) is 13.7 Å². The topological polar surface area (TPSA) is 61.5 Å². The van der Waals surface area contributed by atoms with Crippen LogP contribution in [0.1, 0.15) is 19.4 Å². The average Bonchev–Trinajstić information content (AvgIpc) is 2.35. The lowest BCUT2D eigenvalue weighted by molar-refractivity contribution is -0.152. The normalized spacial score (nSPS) is 11.3. The van der Waals surface area contributed by atoms with Crippen molar-refractivity contribution >= 4 is 29.2 Å². The summed E-state index contributed by atoms with van der Waals surface area (Å²) in [5, 5.41) is 0.860. The van der Waals surface area contributed by atoms with E-state index in [1.165, 1.54) is 7.11 Å². The van der Waals surface area contributed by atoms with Crippen molar-refractivity contribution in [2.45, 2.75) is 20.4 Å². The van der Waals surface area contributed by atoms with Crippen LogP contribution >= 0.6 is 23.2 Å². The molecule has 19 heavy (non-hydrogen) atoms. The number of carbonyl (C=O) groups excluding carboxylic acids is 1. The van der Waals surface area contributed by atoms with Gasteiger partial charge in [0.15, 0.2) is 0 Å². The van der Waals surface area contributed by atoms with E-state index in [1.807, 2.05) is 0 Å². The van der Waals surface area contributed by atoms with Gasteiger partial charge in [0.2, 0.25) is 0 Å². The number of benzene rings is 1. The second-order valence-corrected chi connectivity index (χ2v) is 5.59. The summed E-state index contributed by atoms with van der Waals surface area (Å²) in [7, 11) is 1.34. The maximum atomic E-state index is 11.6. The van der Waals surface area contributed by atoms with Crippen LogP contribution in [0.5, 0.6) is 5.75 Å². The van der Waals surface area contributed by atoms with Crippen molar-refractivity contribution in [3.05, 3.63) is 27.7 Å². The largest absolute Gasteiger partial charge is 0.491 e. The van der Waals surface area contributed by atoms with Crippen LogP contribution in [0.15, 0.2) is 12.1 Å². The SMILES string of the molecule is COC(=O)C(C)(C)COc1c(Cl)cc(Cl)cc1CN. The van der Waals surface area contributed by atoms with Gasteiger partial charge in [-0.3, -0.25) is 4.79 Å². The maximum Gasteiger partial charge on any atom is 0.314 e. The van der Waals surface area contributed by atoms with E-state index in [9.17, 15) is 4.79 Å². The van der Waals surface area contributed by atoms with Gasteiger partial charge in [-0.15, -0.1) is 0 Å². The van der Waals surface area contributed by atoms with Gasteiger partial charge in [0.05, 0.1) is 17.5 Å². The third-order valence-corrected chi connectivity index (χ3v) is 3.12. The molecule has 0 saturated heterocycles. The first-order valence-corrected chi connectivity index (χ1v) is 6.46. The summed E-state index contributed by atoms with van der Waals surface area (Å²) in [6.45, 7) is 3.83. The van der Waals surface area contributed by atoms with E-state index in [-0.39, 0.29) is 19.1 Å². The molecule has 0 radical (unpaired) electrons. The van der Waals surface area contributed by atoms with E-state index < -0.39 is 5.41 Å². The molecular weight excluding hydrogens is 289 g/mol. The molecule has 2 N–H and O–H groups in total. The van der Waals surface area contributed by atoms with E-state index in [4.69, 9.17) is 38.4 Å². The van der Waals surface area contributed by atoms with E-state index in [2.05, 4.69) is 0 Å². The van der Waals surface area contributed by atoms with Crippen LogP contribution in [0.4, 0.5) is 0 Å². The van der Waals surface area contributed by atoms with Crippen molar-refractivity contribution in [1.82, 2.24) is 0 Å². The minimum Gasteiger partial charge on any atom is -0.491 e. The number of carbonyl (C=O) groups is 1. The highest BCUT2D eigenvalue weighted by molar-refractivity contribution is 6.35. The summed E-state index contributed by atoms with van der Waals surface area (Å²) >= 11 is 12.0. The number of ether oxygens (including phenoxy) is 2. The molecule has 0 fully saturated rings. The number of hydrogen-bond acceptors (Lipinski definition) is 4. The number of hydrogen-bond donors (Lipinski definition) is 1. The molecule has 6 heteroatoms. The molecule has 0 unspecified atom stereocenters. The molecular formula is C13H17Cl2NO3. The van der Waals surface area contributed by atoms with Crippen molar-refractivity contribution in [3.8, 4) is 5.75 Å². The summed E-state index contributed by atoms with van der Waals surface area (Å²) in [4.78, 5) is 11.6. The minimum absolute atomic E-state index is 0.133. The van der Waals surface area contributed by atoms with E-state index >= 15 is 0 Å².